The van der Waals surface area contributed by atoms with Crippen molar-refractivity contribution < 1.29 is 55.7 Å². The highest BCUT2D eigenvalue weighted by molar-refractivity contribution is 7.52. The maximum Gasteiger partial charge on any atom is 0.333 e. The Morgan fingerprint density at radius 1 is 0.960 bits per heavy atom. The van der Waals surface area contributed by atoms with Crippen LogP contribution in [0.3, 0.4) is 0 Å². The largest absolute Gasteiger partial charge is 0.481 e. The SMILES string of the molecule is O=C(O)CCC(OP(=O)(O)Cc1c(F)c(F)c(F)c(F)c1F)C(=O)O. The molecular formula is C12H10F5O7P. The lowest BCUT2D eigenvalue weighted by Crippen LogP contribution is -2.24. The van der Waals surface area contributed by atoms with Crippen LogP contribution in [0.25, 0.3) is 0 Å². The Balaban J connectivity index is 3.10. The van der Waals surface area contributed by atoms with Gasteiger partial charge in [-0.2, -0.15) is 0 Å². The highest BCUT2D eigenvalue weighted by atomic mass is 31.2. The van der Waals surface area contributed by atoms with E-state index < -0.39 is 79.3 Å². The summed E-state index contributed by atoms with van der Waals surface area (Å²) < 4.78 is 82.0. The average molecular weight is 392 g/mol. The van der Waals surface area contributed by atoms with Gasteiger partial charge >= 0.3 is 19.5 Å². The van der Waals surface area contributed by atoms with E-state index in [1.807, 2.05) is 0 Å². The first-order valence-electron chi connectivity index (χ1n) is 6.32. The molecule has 2 atom stereocenters. The number of halogens is 5. The molecule has 3 N–H and O–H groups in total. The summed E-state index contributed by atoms with van der Waals surface area (Å²) in [4.78, 5) is 30.7. The molecule has 13 heteroatoms. The highest BCUT2D eigenvalue weighted by Gasteiger charge is 2.35. The van der Waals surface area contributed by atoms with E-state index in [1.165, 1.54) is 0 Å². The number of hydrogen-bond acceptors (Lipinski definition) is 4. The van der Waals surface area contributed by atoms with Crippen LogP contribution in [-0.4, -0.2) is 33.1 Å². The Morgan fingerprint density at radius 2 is 1.40 bits per heavy atom. The molecule has 0 bridgehead atoms. The average Bonchev–Trinajstić information content (AvgIpc) is 2.51. The van der Waals surface area contributed by atoms with Crippen molar-refractivity contribution in [2.45, 2.75) is 25.1 Å². The van der Waals surface area contributed by atoms with Gasteiger partial charge in [0.15, 0.2) is 29.4 Å². The minimum Gasteiger partial charge on any atom is -0.481 e. The fraction of sp³-hybridized carbons (Fsp3) is 0.333. The lowest BCUT2D eigenvalue weighted by atomic mass is 10.2. The maximum absolute atomic E-state index is 13.5. The predicted molar refractivity (Wildman–Crippen MR) is 69.1 cm³/mol. The van der Waals surface area contributed by atoms with Crippen molar-refractivity contribution in [2.75, 3.05) is 0 Å². The normalized spacial score (nSPS) is 14.8. The second-order valence-electron chi connectivity index (χ2n) is 4.71. The van der Waals surface area contributed by atoms with Crippen LogP contribution in [0.1, 0.15) is 18.4 Å². The van der Waals surface area contributed by atoms with Crippen molar-refractivity contribution in [3.8, 4) is 0 Å². The Kier molecular flexibility index (Phi) is 6.63. The fourth-order valence-corrected chi connectivity index (χ4v) is 3.05. The van der Waals surface area contributed by atoms with Gasteiger partial charge in [0.25, 0.3) is 0 Å². The second-order valence-corrected chi connectivity index (χ2v) is 6.51. The molecule has 0 amide bonds. The van der Waals surface area contributed by atoms with Crippen molar-refractivity contribution in [1.29, 1.82) is 0 Å². The number of rotatable bonds is 8. The molecule has 0 saturated carbocycles. The number of carboxylic acids is 2. The van der Waals surface area contributed by atoms with Crippen LogP contribution < -0.4 is 0 Å². The molecule has 1 aromatic carbocycles. The molecule has 25 heavy (non-hydrogen) atoms. The Bertz CT molecular complexity index is 725. The molecule has 0 aliphatic rings. The van der Waals surface area contributed by atoms with Crippen LogP contribution in [0.5, 0.6) is 0 Å². The minimum absolute atomic E-state index is 0.772. The van der Waals surface area contributed by atoms with Gasteiger partial charge in [0.05, 0.1) is 6.16 Å². The van der Waals surface area contributed by atoms with Crippen LogP contribution in [0.15, 0.2) is 0 Å². The first-order valence-corrected chi connectivity index (χ1v) is 8.08. The third-order valence-corrected chi connectivity index (χ3v) is 4.15. The molecule has 1 rings (SSSR count). The summed E-state index contributed by atoms with van der Waals surface area (Å²) in [6.07, 6.45) is -5.41. The predicted octanol–water partition coefficient (Wildman–Crippen LogP) is 2.40. The second kappa shape index (κ2) is 7.89. The smallest absolute Gasteiger partial charge is 0.333 e. The third kappa shape index (κ3) is 5.21. The molecule has 7 nitrogen and oxygen atoms in total. The maximum atomic E-state index is 13.5. The van der Waals surface area contributed by atoms with Crippen molar-refractivity contribution in [3.63, 3.8) is 0 Å². The third-order valence-electron chi connectivity index (χ3n) is 2.85. The van der Waals surface area contributed by atoms with Gasteiger partial charge < -0.3 is 15.1 Å². The van der Waals surface area contributed by atoms with Gasteiger partial charge in [0.1, 0.15) is 0 Å². The van der Waals surface area contributed by atoms with E-state index in [-0.39, 0.29) is 0 Å². The molecule has 1 aromatic rings. The standard InChI is InChI=1S/C12H10F5O7P/c13-7-4(8(14)10(16)11(17)9(7)15)3-25(22,23)24-5(12(20)21)1-2-6(18)19/h5H,1-3H2,(H,18,19)(H,20,21)(H,22,23). The lowest BCUT2D eigenvalue weighted by molar-refractivity contribution is -0.146. The van der Waals surface area contributed by atoms with E-state index in [2.05, 4.69) is 4.52 Å². The first kappa shape index (κ1) is 21.0. The van der Waals surface area contributed by atoms with E-state index in [0.717, 1.165) is 0 Å². The van der Waals surface area contributed by atoms with Crippen LogP contribution in [0, 0.1) is 29.1 Å². The number of carboxylic acid groups (broad SMARTS) is 2. The number of aliphatic carboxylic acids is 2. The van der Waals surface area contributed by atoms with E-state index in [9.17, 15) is 41.0 Å². The van der Waals surface area contributed by atoms with Crippen LogP contribution >= 0.6 is 7.60 Å². The molecule has 0 saturated heterocycles. The molecular weight excluding hydrogens is 382 g/mol. The summed E-state index contributed by atoms with van der Waals surface area (Å²) in [6, 6.07) is 0. The monoisotopic (exact) mass is 392 g/mol. The lowest BCUT2D eigenvalue weighted by Gasteiger charge is -2.18. The summed E-state index contributed by atoms with van der Waals surface area (Å²) in [5.74, 6) is -15.2. The molecule has 2 unspecified atom stereocenters. The molecule has 0 heterocycles. The topological polar surface area (TPSA) is 121 Å². The minimum atomic E-state index is -5.20. The highest BCUT2D eigenvalue weighted by Crippen LogP contribution is 2.48. The molecule has 0 aromatic heterocycles. The Labute approximate surface area is 136 Å². The Morgan fingerprint density at radius 3 is 1.80 bits per heavy atom. The molecule has 0 radical (unpaired) electrons. The zero-order chi connectivity index (χ0) is 19.5. The van der Waals surface area contributed by atoms with Crippen molar-refractivity contribution in [2.24, 2.45) is 0 Å². The molecule has 0 spiro atoms. The number of benzene rings is 1. The first-order chi connectivity index (χ1) is 11.4. The van der Waals surface area contributed by atoms with Crippen LogP contribution in [0.2, 0.25) is 0 Å². The Hall–Kier alpha value is -2.04. The van der Waals surface area contributed by atoms with Crippen LogP contribution in [0.4, 0.5) is 22.0 Å². The summed E-state index contributed by atoms with van der Waals surface area (Å²) in [7, 11) is -5.20. The quantitative estimate of drug-likeness (QED) is 0.269. The van der Waals surface area contributed by atoms with Gasteiger partial charge in [-0.15, -0.1) is 0 Å². The molecule has 140 valence electrons. The molecule has 0 aliphatic heterocycles. The molecule has 0 fully saturated rings. The van der Waals surface area contributed by atoms with Crippen molar-refractivity contribution in [3.05, 3.63) is 34.6 Å². The van der Waals surface area contributed by atoms with E-state index in [0.29, 0.717) is 0 Å². The van der Waals surface area contributed by atoms with Crippen molar-refractivity contribution in [1.82, 2.24) is 0 Å². The zero-order valence-electron chi connectivity index (χ0n) is 12.0. The van der Waals surface area contributed by atoms with Gasteiger partial charge in [0, 0.05) is 12.0 Å². The van der Waals surface area contributed by atoms with Crippen LogP contribution in [-0.2, 0) is 24.8 Å². The van der Waals surface area contributed by atoms with Crippen molar-refractivity contribution >= 4 is 19.5 Å². The van der Waals surface area contributed by atoms with Gasteiger partial charge in [-0.3, -0.25) is 13.9 Å². The van der Waals surface area contributed by atoms with E-state index in [1.54, 1.807) is 0 Å². The van der Waals surface area contributed by atoms with E-state index in [4.69, 9.17) is 10.2 Å². The summed E-state index contributed by atoms with van der Waals surface area (Å²) >= 11 is 0. The summed E-state index contributed by atoms with van der Waals surface area (Å²) in [6.45, 7) is 0. The van der Waals surface area contributed by atoms with Gasteiger partial charge in [-0.25, -0.2) is 26.7 Å². The zero-order valence-corrected chi connectivity index (χ0v) is 12.9. The number of hydrogen-bond donors (Lipinski definition) is 3. The fourth-order valence-electron chi connectivity index (χ4n) is 1.70. The van der Waals surface area contributed by atoms with Gasteiger partial charge in [-0.1, -0.05) is 0 Å². The van der Waals surface area contributed by atoms with Gasteiger partial charge in [-0.05, 0) is 6.42 Å². The van der Waals surface area contributed by atoms with Gasteiger partial charge in [0.2, 0.25) is 5.82 Å². The molecule has 0 aliphatic carbocycles. The number of carbonyl (C=O) groups is 2. The summed E-state index contributed by atoms with van der Waals surface area (Å²) in [5, 5.41) is 17.2. The van der Waals surface area contributed by atoms with E-state index >= 15 is 0 Å². The summed E-state index contributed by atoms with van der Waals surface area (Å²) in [5.41, 5.74) is -1.66.